The van der Waals surface area contributed by atoms with Gasteiger partial charge in [-0.05, 0) is 32.9 Å². The molecule has 0 saturated heterocycles. The smallest absolute Gasteiger partial charge is 0.0786 e. The van der Waals surface area contributed by atoms with Crippen molar-refractivity contribution < 1.29 is 0 Å². The first-order chi connectivity index (χ1) is 8.31. The quantitative estimate of drug-likeness (QED) is 0.804. The minimum Gasteiger partial charge on any atom is -0.382 e. The van der Waals surface area contributed by atoms with E-state index < -0.39 is 0 Å². The standard InChI is InChI=1S/C14H24ClN3/c1-14(2,3)17-10-9-16-12-8-6-7-11(15)13(12)18(4)5/h6-8,16-17H,9-10H2,1-5H3. The van der Waals surface area contributed by atoms with Crippen LogP contribution in [0.25, 0.3) is 0 Å². The Hall–Kier alpha value is -0.930. The van der Waals surface area contributed by atoms with E-state index in [1.54, 1.807) is 0 Å². The molecule has 0 aliphatic heterocycles. The molecule has 0 amide bonds. The van der Waals surface area contributed by atoms with E-state index in [4.69, 9.17) is 11.6 Å². The highest BCUT2D eigenvalue weighted by Crippen LogP contribution is 2.32. The highest BCUT2D eigenvalue weighted by Gasteiger charge is 2.10. The maximum absolute atomic E-state index is 6.21. The van der Waals surface area contributed by atoms with Crippen LogP contribution in [-0.4, -0.2) is 32.7 Å². The average Bonchev–Trinajstić information content (AvgIpc) is 2.22. The van der Waals surface area contributed by atoms with Gasteiger partial charge in [0.15, 0.2) is 0 Å². The van der Waals surface area contributed by atoms with Crippen LogP contribution in [-0.2, 0) is 0 Å². The monoisotopic (exact) mass is 269 g/mol. The van der Waals surface area contributed by atoms with Crippen LogP contribution in [0.15, 0.2) is 18.2 Å². The van der Waals surface area contributed by atoms with Crippen molar-refractivity contribution in [3.63, 3.8) is 0 Å². The largest absolute Gasteiger partial charge is 0.382 e. The molecule has 0 radical (unpaired) electrons. The molecule has 1 aromatic rings. The molecule has 0 spiro atoms. The fraction of sp³-hybridized carbons (Fsp3) is 0.571. The van der Waals surface area contributed by atoms with Gasteiger partial charge in [-0.2, -0.15) is 0 Å². The predicted molar refractivity (Wildman–Crippen MR) is 82.0 cm³/mol. The first-order valence-corrected chi connectivity index (χ1v) is 6.64. The number of nitrogens with zero attached hydrogens (tertiary/aromatic N) is 1. The van der Waals surface area contributed by atoms with Gasteiger partial charge in [0.05, 0.1) is 16.4 Å². The van der Waals surface area contributed by atoms with Gasteiger partial charge in [0, 0.05) is 32.7 Å². The Labute approximate surface area is 116 Å². The summed E-state index contributed by atoms with van der Waals surface area (Å²) >= 11 is 6.21. The van der Waals surface area contributed by atoms with Gasteiger partial charge in [0.2, 0.25) is 0 Å². The highest BCUT2D eigenvalue weighted by molar-refractivity contribution is 6.34. The van der Waals surface area contributed by atoms with E-state index in [0.717, 1.165) is 29.5 Å². The van der Waals surface area contributed by atoms with Crippen LogP contribution < -0.4 is 15.5 Å². The van der Waals surface area contributed by atoms with Crippen LogP contribution in [0.2, 0.25) is 5.02 Å². The van der Waals surface area contributed by atoms with Crippen molar-refractivity contribution in [1.82, 2.24) is 5.32 Å². The first kappa shape index (κ1) is 15.1. The van der Waals surface area contributed by atoms with Crippen molar-refractivity contribution in [2.45, 2.75) is 26.3 Å². The topological polar surface area (TPSA) is 27.3 Å². The van der Waals surface area contributed by atoms with Crippen molar-refractivity contribution in [3.8, 4) is 0 Å². The molecule has 0 bridgehead atoms. The summed E-state index contributed by atoms with van der Waals surface area (Å²) in [4.78, 5) is 2.03. The zero-order chi connectivity index (χ0) is 13.8. The Morgan fingerprint density at radius 2 is 1.83 bits per heavy atom. The predicted octanol–water partition coefficient (Wildman–Crippen LogP) is 3.21. The molecule has 3 nitrogen and oxygen atoms in total. The van der Waals surface area contributed by atoms with Crippen molar-refractivity contribution in [2.75, 3.05) is 37.4 Å². The van der Waals surface area contributed by atoms with Gasteiger partial charge in [0.25, 0.3) is 0 Å². The van der Waals surface area contributed by atoms with Gasteiger partial charge in [-0.3, -0.25) is 0 Å². The van der Waals surface area contributed by atoms with E-state index in [9.17, 15) is 0 Å². The lowest BCUT2D eigenvalue weighted by molar-refractivity contribution is 0.435. The molecule has 102 valence electrons. The third-order valence-electron chi connectivity index (χ3n) is 2.53. The summed E-state index contributed by atoms with van der Waals surface area (Å²) in [6, 6.07) is 5.93. The molecule has 0 saturated carbocycles. The molecule has 0 heterocycles. The average molecular weight is 270 g/mol. The summed E-state index contributed by atoms with van der Waals surface area (Å²) in [5, 5.41) is 7.64. The second-order valence-electron chi connectivity index (χ2n) is 5.63. The summed E-state index contributed by atoms with van der Waals surface area (Å²) in [6.07, 6.45) is 0. The van der Waals surface area contributed by atoms with E-state index in [1.165, 1.54) is 0 Å². The second-order valence-corrected chi connectivity index (χ2v) is 6.04. The van der Waals surface area contributed by atoms with Crippen molar-refractivity contribution in [1.29, 1.82) is 0 Å². The third-order valence-corrected chi connectivity index (χ3v) is 2.83. The molecule has 0 aliphatic carbocycles. The van der Waals surface area contributed by atoms with Gasteiger partial charge >= 0.3 is 0 Å². The van der Waals surface area contributed by atoms with Crippen molar-refractivity contribution in [2.24, 2.45) is 0 Å². The molecule has 1 rings (SSSR count). The van der Waals surface area contributed by atoms with E-state index >= 15 is 0 Å². The zero-order valence-corrected chi connectivity index (χ0v) is 12.7. The normalized spacial score (nSPS) is 11.4. The Morgan fingerprint density at radius 1 is 1.17 bits per heavy atom. The van der Waals surface area contributed by atoms with Crippen LogP contribution >= 0.6 is 11.6 Å². The maximum atomic E-state index is 6.21. The second kappa shape index (κ2) is 6.30. The molecule has 1 aromatic carbocycles. The highest BCUT2D eigenvalue weighted by atomic mass is 35.5. The molecular weight excluding hydrogens is 246 g/mol. The number of halogens is 1. The molecule has 4 heteroatoms. The first-order valence-electron chi connectivity index (χ1n) is 6.26. The summed E-state index contributed by atoms with van der Waals surface area (Å²) in [7, 11) is 4.00. The molecule has 2 N–H and O–H groups in total. The lowest BCUT2D eigenvalue weighted by atomic mass is 10.1. The van der Waals surface area contributed by atoms with Crippen LogP contribution in [0.4, 0.5) is 11.4 Å². The summed E-state index contributed by atoms with van der Waals surface area (Å²) in [5.74, 6) is 0. The van der Waals surface area contributed by atoms with Gasteiger partial charge in [-0.1, -0.05) is 17.7 Å². The number of benzene rings is 1. The molecule has 0 unspecified atom stereocenters. The maximum Gasteiger partial charge on any atom is 0.0786 e. The lowest BCUT2D eigenvalue weighted by Crippen LogP contribution is -2.38. The number of anilines is 2. The Kier molecular flexibility index (Phi) is 5.29. The van der Waals surface area contributed by atoms with Crippen LogP contribution in [0, 0.1) is 0 Å². The van der Waals surface area contributed by atoms with E-state index in [-0.39, 0.29) is 5.54 Å². The van der Waals surface area contributed by atoms with Gasteiger partial charge in [-0.25, -0.2) is 0 Å². The van der Waals surface area contributed by atoms with Gasteiger partial charge in [-0.15, -0.1) is 0 Å². The summed E-state index contributed by atoms with van der Waals surface area (Å²) in [5.41, 5.74) is 2.26. The molecule has 0 aromatic heterocycles. The molecule has 0 fully saturated rings. The molecular formula is C14H24ClN3. The Balaban J connectivity index is 2.60. The number of rotatable bonds is 5. The number of nitrogens with one attached hydrogen (secondary N) is 2. The lowest BCUT2D eigenvalue weighted by Gasteiger charge is -2.23. The Morgan fingerprint density at radius 3 is 2.39 bits per heavy atom. The van der Waals surface area contributed by atoms with Crippen molar-refractivity contribution in [3.05, 3.63) is 23.2 Å². The molecule has 0 atom stereocenters. The summed E-state index contributed by atoms with van der Waals surface area (Å²) in [6.45, 7) is 8.29. The molecule has 0 aliphatic rings. The van der Waals surface area contributed by atoms with Crippen LogP contribution in [0.5, 0.6) is 0 Å². The van der Waals surface area contributed by atoms with E-state index in [2.05, 4.69) is 37.5 Å². The zero-order valence-electron chi connectivity index (χ0n) is 12.0. The van der Waals surface area contributed by atoms with Gasteiger partial charge < -0.3 is 15.5 Å². The number of hydrogen-bond acceptors (Lipinski definition) is 3. The van der Waals surface area contributed by atoms with Crippen LogP contribution in [0.1, 0.15) is 20.8 Å². The fourth-order valence-corrected chi connectivity index (χ4v) is 2.09. The molecule has 18 heavy (non-hydrogen) atoms. The fourth-order valence-electron chi connectivity index (χ4n) is 1.75. The summed E-state index contributed by atoms with van der Waals surface area (Å²) < 4.78 is 0. The van der Waals surface area contributed by atoms with Gasteiger partial charge in [0.1, 0.15) is 0 Å². The SMILES string of the molecule is CN(C)c1c(Cl)cccc1NCCNC(C)(C)C. The van der Waals surface area contributed by atoms with Crippen LogP contribution in [0.3, 0.4) is 0 Å². The minimum atomic E-state index is 0.153. The van der Waals surface area contributed by atoms with Crippen molar-refractivity contribution >= 4 is 23.0 Å². The minimum absolute atomic E-state index is 0.153. The van der Waals surface area contributed by atoms with E-state index in [1.807, 2.05) is 31.1 Å². The van der Waals surface area contributed by atoms with E-state index in [0.29, 0.717) is 0 Å². The Bertz CT molecular complexity index is 383. The number of para-hydroxylation sites is 1. The third kappa shape index (κ3) is 4.75. The number of hydrogen-bond donors (Lipinski definition) is 2.